The molecular weight excluding hydrogens is 491 g/mol. The van der Waals surface area contributed by atoms with Crippen molar-refractivity contribution in [3.8, 4) is 0 Å². The van der Waals surface area contributed by atoms with Gasteiger partial charge in [-0.1, -0.05) is 24.3 Å². The third-order valence-electron chi connectivity index (χ3n) is 6.12. The number of hydrogen-bond acceptors (Lipinski definition) is 3. The van der Waals surface area contributed by atoms with Crippen LogP contribution in [0.4, 0.5) is 0 Å². The molecule has 0 aliphatic carbocycles. The smallest absolute Gasteiger partial charge is 0.222 e. The fourth-order valence-electron chi connectivity index (χ4n) is 4.21. The fourth-order valence-corrected chi connectivity index (χ4v) is 4.21. The SMILES string of the molecule is CN=C(NCCCC(=O)N1CCc2ccccc2C1)N(C)CCC1CCOCC1.I. The van der Waals surface area contributed by atoms with Gasteiger partial charge in [0.05, 0.1) is 0 Å². The van der Waals surface area contributed by atoms with Crippen LogP contribution in [-0.2, 0) is 22.5 Å². The molecule has 2 heterocycles. The van der Waals surface area contributed by atoms with Crippen molar-refractivity contribution in [2.45, 2.75) is 45.1 Å². The maximum Gasteiger partial charge on any atom is 0.222 e. The number of guanidine groups is 1. The summed E-state index contributed by atoms with van der Waals surface area (Å²) in [6.45, 7) is 5.15. The van der Waals surface area contributed by atoms with E-state index in [1.165, 1.54) is 30.4 Å². The molecule has 2 aliphatic heterocycles. The lowest BCUT2D eigenvalue weighted by atomic mass is 9.96. The van der Waals surface area contributed by atoms with E-state index in [-0.39, 0.29) is 29.9 Å². The summed E-state index contributed by atoms with van der Waals surface area (Å²) in [7, 11) is 3.91. The average Bonchev–Trinajstić information content (AvgIpc) is 2.77. The Balaban J connectivity index is 0.00000320. The number of benzene rings is 1. The highest BCUT2D eigenvalue weighted by Crippen LogP contribution is 2.20. The van der Waals surface area contributed by atoms with E-state index < -0.39 is 0 Å². The van der Waals surface area contributed by atoms with E-state index in [0.717, 1.165) is 64.1 Å². The Hall–Kier alpha value is -1.35. The van der Waals surface area contributed by atoms with Gasteiger partial charge in [0.25, 0.3) is 0 Å². The zero-order chi connectivity index (χ0) is 20.5. The van der Waals surface area contributed by atoms with Crippen molar-refractivity contribution in [3.63, 3.8) is 0 Å². The molecule has 1 aromatic carbocycles. The van der Waals surface area contributed by atoms with Gasteiger partial charge in [-0.25, -0.2) is 0 Å². The van der Waals surface area contributed by atoms with Crippen LogP contribution in [0, 0.1) is 5.92 Å². The Morgan fingerprint density at radius 2 is 2.00 bits per heavy atom. The van der Waals surface area contributed by atoms with Crippen molar-refractivity contribution >= 4 is 35.8 Å². The highest BCUT2D eigenvalue weighted by Gasteiger charge is 2.20. The summed E-state index contributed by atoms with van der Waals surface area (Å²) in [4.78, 5) is 21.2. The number of rotatable bonds is 7. The van der Waals surface area contributed by atoms with Crippen LogP contribution < -0.4 is 5.32 Å². The van der Waals surface area contributed by atoms with E-state index in [2.05, 4.69) is 46.5 Å². The maximum atomic E-state index is 12.6. The monoisotopic (exact) mass is 528 g/mol. The molecular formula is C23H37IN4O2. The van der Waals surface area contributed by atoms with E-state index in [9.17, 15) is 4.79 Å². The fraction of sp³-hybridized carbons (Fsp3) is 0.652. The highest BCUT2D eigenvalue weighted by molar-refractivity contribution is 14.0. The zero-order valence-corrected chi connectivity index (χ0v) is 20.8. The van der Waals surface area contributed by atoms with E-state index in [1.54, 1.807) is 0 Å². The molecule has 1 fully saturated rings. The summed E-state index contributed by atoms with van der Waals surface area (Å²) in [6, 6.07) is 8.44. The van der Waals surface area contributed by atoms with Crippen LogP contribution in [0.3, 0.4) is 0 Å². The number of fused-ring (bicyclic) bond motifs is 1. The Morgan fingerprint density at radius 3 is 2.73 bits per heavy atom. The molecule has 0 radical (unpaired) electrons. The maximum absolute atomic E-state index is 12.6. The lowest BCUT2D eigenvalue weighted by molar-refractivity contribution is -0.132. The summed E-state index contributed by atoms with van der Waals surface area (Å²) in [6.07, 6.45) is 5.88. The van der Waals surface area contributed by atoms with Crippen molar-refractivity contribution in [2.24, 2.45) is 10.9 Å². The second kappa shape index (κ2) is 13.1. The number of carbonyl (C=O) groups excluding carboxylic acids is 1. The first-order chi connectivity index (χ1) is 14.2. The molecule has 0 saturated carbocycles. The molecule has 7 heteroatoms. The lowest BCUT2D eigenvalue weighted by Gasteiger charge is -2.29. The minimum Gasteiger partial charge on any atom is -0.381 e. The molecule has 6 nitrogen and oxygen atoms in total. The van der Waals surface area contributed by atoms with Gasteiger partial charge in [0, 0.05) is 59.9 Å². The molecule has 2 aliphatic rings. The molecule has 0 unspecified atom stereocenters. The van der Waals surface area contributed by atoms with E-state index in [0.29, 0.717) is 6.42 Å². The normalized spacial score (nSPS) is 17.1. The number of hydrogen-bond donors (Lipinski definition) is 1. The van der Waals surface area contributed by atoms with Gasteiger partial charge in [-0.05, 0) is 49.1 Å². The molecule has 1 N–H and O–H groups in total. The predicted molar refractivity (Wildman–Crippen MR) is 132 cm³/mol. The van der Waals surface area contributed by atoms with E-state index in [1.807, 2.05) is 11.9 Å². The quantitative estimate of drug-likeness (QED) is 0.256. The summed E-state index contributed by atoms with van der Waals surface area (Å²) >= 11 is 0. The van der Waals surface area contributed by atoms with Crippen LogP contribution in [-0.4, -0.2) is 68.6 Å². The van der Waals surface area contributed by atoms with Crippen molar-refractivity contribution in [3.05, 3.63) is 35.4 Å². The molecule has 0 bridgehead atoms. The Morgan fingerprint density at radius 1 is 1.27 bits per heavy atom. The van der Waals surface area contributed by atoms with Gasteiger partial charge < -0.3 is 19.9 Å². The van der Waals surface area contributed by atoms with E-state index >= 15 is 0 Å². The predicted octanol–water partition coefficient (Wildman–Crippen LogP) is 3.29. The van der Waals surface area contributed by atoms with Crippen molar-refractivity contribution < 1.29 is 9.53 Å². The minimum atomic E-state index is 0. The molecule has 0 aromatic heterocycles. The van der Waals surface area contributed by atoms with Gasteiger partial charge in [-0.3, -0.25) is 9.79 Å². The number of amides is 1. The molecule has 0 atom stereocenters. The van der Waals surface area contributed by atoms with Crippen molar-refractivity contribution in [2.75, 3.05) is 46.9 Å². The van der Waals surface area contributed by atoms with Crippen molar-refractivity contribution in [1.82, 2.24) is 15.1 Å². The number of ether oxygens (including phenoxy) is 1. The number of aliphatic imine (C=N–C) groups is 1. The van der Waals surface area contributed by atoms with E-state index in [4.69, 9.17) is 4.74 Å². The van der Waals surface area contributed by atoms with Crippen LogP contribution in [0.5, 0.6) is 0 Å². The molecule has 1 amide bonds. The molecule has 1 saturated heterocycles. The van der Waals surface area contributed by atoms with Crippen LogP contribution in [0.25, 0.3) is 0 Å². The second-order valence-electron chi connectivity index (χ2n) is 8.18. The topological polar surface area (TPSA) is 57.2 Å². The molecule has 1 aromatic rings. The van der Waals surface area contributed by atoms with Crippen LogP contribution >= 0.6 is 24.0 Å². The molecule has 168 valence electrons. The molecule has 0 spiro atoms. The Labute approximate surface area is 198 Å². The van der Waals surface area contributed by atoms with Gasteiger partial charge in [-0.2, -0.15) is 0 Å². The first-order valence-electron chi connectivity index (χ1n) is 11.0. The highest BCUT2D eigenvalue weighted by atomic mass is 127. The largest absolute Gasteiger partial charge is 0.381 e. The molecule has 30 heavy (non-hydrogen) atoms. The number of nitrogens with one attached hydrogen (secondary N) is 1. The van der Waals surface area contributed by atoms with Gasteiger partial charge >= 0.3 is 0 Å². The number of carbonyl (C=O) groups is 1. The standard InChI is InChI=1S/C23H36N4O2.HI/c1-24-23(26(2)14-9-19-11-16-29-17-12-19)25-13-5-8-22(28)27-15-10-20-6-3-4-7-21(20)18-27;/h3-4,6-7,19H,5,8-18H2,1-2H3,(H,24,25);1H. The molecule has 3 rings (SSSR count). The first kappa shape index (κ1) is 24.9. The summed E-state index contributed by atoms with van der Waals surface area (Å²) < 4.78 is 5.44. The van der Waals surface area contributed by atoms with Crippen LogP contribution in [0.1, 0.15) is 43.2 Å². The van der Waals surface area contributed by atoms with Crippen LogP contribution in [0.2, 0.25) is 0 Å². The summed E-state index contributed by atoms with van der Waals surface area (Å²) in [5.41, 5.74) is 2.67. The van der Waals surface area contributed by atoms with Crippen molar-refractivity contribution in [1.29, 1.82) is 0 Å². The zero-order valence-electron chi connectivity index (χ0n) is 18.4. The van der Waals surface area contributed by atoms with Gasteiger partial charge in [-0.15, -0.1) is 24.0 Å². The lowest BCUT2D eigenvalue weighted by Crippen LogP contribution is -2.41. The van der Waals surface area contributed by atoms with Gasteiger partial charge in [0.1, 0.15) is 0 Å². The number of nitrogens with zero attached hydrogens (tertiary/aromatic N) is 3. The average molecular weight is 528 g/mol. The minimum absolute atomic E-state index is 0. The summed E-state index contributed by atoms with van der Waals surface area (Å²) in [5.74, 6) is 1.93. The van der Waals surface area contributed by atoms with Gasteiger partial charge in [0.2, 0.25) is 5.91 Å². The Bertz CT molecular complexity index is 692. The number of halogens is 1. The summed E-state index contributed by atoms with van der Waals surface area (Å²) in [5, 5.41) is 3.41. The second-order valence-corrected chi connectivity index (χ2v) is 8.18. The first-order valence-corrected chi connectivity index (χ1v) is 11.0. The Kier molecular flexibility index (Phi) is 10.9. The van der Waals surface area contributed by atoms with Crippen LogP contribution in [0.15, 0.2) is 29.3 Å². The third-order valence-corrected chi connectivity index (χ3v) is 6.12. The van der Waals surface area contributed by atoms with Gasteiger partial charge in [0.15, 0.2) is 5.96 Å². The third kappa shape index (κ3) is 7.41.